The van der Waals surface area contributed by atoms with Gasteiger partial charge < -0.3 is 4.74 Å². The molecule has 1 heterocycles. The predicted molar refractivity (Wildman–Crippen MR) is 60.5 cm³/mol. The van der Waals surface area contributed by atoms with Crippen LogP contribution >= 0.6 is 34.2 Å². The molecular formula is C9H9ClINO. The Labute approximate surface area is 95.8 Å². The van der Waals surface area contributed by atoms with Crippen LogP contribution in [-0.4, -0.2) is 12.1 Å². The molecule has 1 aliphatic rings. The van der Waals surface area contributed by atoms with Gasteiger partial charge >= 0.3 is 0 Å². The Balaban J connectivity index is 2.44. The van der Waals surface area contributed by atoms with E-state index < -0.39 is 0 Å². The molecule has 1 fully saturated rings. The molecule has 1 aliphatic carbocycles. The van der Waals surface area contributed by atoms with Crippen LogP contribution in [0.25, 0.3) is 0 Å². The first kappa shape index (κ1) is 9.52. The second-order valence-electron chi connectivity index (χ2n) is 3.11. The summed E-state index contributed by atoms with van der Waals surface area (Å²) in [6.45, 7) is 0. The molecule has 0 atom stereocenters. The molecule has 0 aromatic carbocycles. The van der Waals surface area contributed by atoms with Crippen LogP contribution in [0.5, 0.6) is 5.75 Å². The number of ether oxygens (including phenoxy) is 1. The fourth-order valence-corrected chi connectivity index (χ4v) is 2.18. The van der Waals surface area contributed by atoms with Gasteiger partial charge in [0.05, 0.1) is 27.6 Å². The highest BCUT2D eigenvalue weighted by Crippen LogP contribution is 2.44. The minimum absolute atomic E-state index is 0.590. The summed E-state index contributed by atoms with van der Waals surface area (Å²) in [5.41, 5.74) is 1.03. The number of methoxy groups -OCH3 is 1. The summed E-state index contributed by atoms with van der Waals surface area (Å²) in [5.74, 6) is 1.35. The molecule has 0 aliphatic heterocycles. The van der Waals surface area contributed by atoms with Crippen LogP contribution in [0, 0.1) is 3.57 Å². The number of hydrogen-bond donors (Lipinski definition) is 0. The molecule has 0 bridgehead atoms. The highest BCUT2D eigenvalue weighted by Gasteiger charge is 2.28. The fourth-order valence-electron chi connectivity index (χ4n) is 1.25. The van der Waals surface area contributed by atoms with E-state index in [4.69, 9.17) is 16.3 Å². The van der Waals surface area contributed by atoms with Crippen LogP contribution in [-0.2, 0) is 0 Å². The van der Waals surface area contributed by atoms with Crippen molar-refractivity contribution in [1.29, 1.82) is 0 Å². The van der Waals surface area contributed by atoms with E-state index in [9.17, 15) is 0 Å². The first-order valence-electron chi connectivity index (χ1n) is 4.12. The van der Waals surface area contributed by atoms with E-state index in [0.29, 0.717) is 5.92 Å². The van der Waals surface area contributed by atoms with Crippen molar-refractivity contribution in [2.24, 2.45) is 0 Å². The van der Waals surface area contributed by atoms with Crippen molar-refractivity contribution in [2.75, 3.05) is 7.11 Å². The SMILES string of the molecule is COc1cnc(C2CC2)c(Cl)c1I. The summed E-state index contributed by atoms with van der Waals surface area (Å²) in [4.78, 5) is 4.31. The van der Waals surface area contributed by atoms with E-state index in [-0.39, 0.29) is 0 Å². The molecule has 0 N–H and O–H groups in total. The van der Waals surface area contributed by atoms with E-state index in [1.807, 2.05) is 0 Å². The van der Waals surface area contributed by atoms with Gasteiger partial charge in [-0.2, -0.15) is 0 Å². The zero-order valence-electron chi connectivity index (χ0n) is 7.18. The van der Waals surface area contributed by atoms with E-state index in [1.54, 1.807) is 13.3 Å². The minimum Gasteiger partial charge on any atom is -0.494 e. The molecule has 1 saturated carbocycles. The maximum absolute atomic E-state index is 6.16. The lowest BCUT2D eigenvalue weighted by atomic mass is 10.2. The van der Waals surface area contributed by atoms with Crippen LogP contribution in [0.4, 0.5) is 0 Å². The van der Waals surface area contributed by atoms with Crippen LogP contribution in [0.3, 0.4) is 0 Å². The van der Waals surface area contributed by atoms with Crippen molar-refractivity contribution in [3.63, 3.8) is 0 Å². The summed E-state index contributed by atoms with van der Waals surface area (Å²) in [7, 11) is 1.63. The lowest BCUT2D eigenvalue weighted by Crippen LogP contribution is -1.95. The van der Waals surface area contributed by atoms with E-state index >= 15 is 0 Å². The highest BCUT2D eigenvalue weighted by molar-refractivity contribution is 14.1. The summed E-state index contributed by atoms with van der Waals surface area (Å²) < 4.78 is 6.10. The molecule has 4 heteroatoms. The number of halogens is 2. The summed E-state index contributed by atoms with van der Waals surface area (Å²) >= 11 is 8.36. The van der Waals surface area contributed by atoms with Gasteiger partial charge in [0.25, 0.3) is 0 Å². The van der Waals surface area contributed by atoms with Gasteiger partial charge in [-0.15, -0.1) is 0 Å². The van der Waals surface area contributed by atoms with Crippen LogP contribution < -0.4 is 4.74 Å². The Bertz CT molecular complexity index is 339. The van der Waals surface area contributed by atoms with Crippen molar-refractivity contribution in [2.45, 2.75) is 18.8 Å². The lowest BCUT2D eigenvalue weighted by molar-refractivity contribution is 0.409. The fraction of sp³-hybridized carbons (Fsp3) is 0.444. The van der Waals surface area contributed by atoms with Crippen molar-refractivity contribution in [3.05, 3.63) is 20.5 Å². The molecule has 1 aromatic heterocycles. The van der Waals surface area contributed by atoms with Gasteiger partial charge in [-0.25, -0.2) is 0 Å². The van der Waals surface area contributed by atoms with Crippen LogP contribution in [0.1, 0.15) is 24.5 Å². The van der Waals surface area contributed by atoms with Crippen LogP contribution in [0.2, 0.25) is 5.02 Å². The predicted octanol–water partition coefficient (Wildman–Crippen LogP) is 3.23. The van der Waals surface area contributed by atoms with Gasteiger partial charge in [-0.3, -0.25) is 4.98 Å². The van der Waals surface area contributed by atoms with Gasteiger partial charge in [0.15, 0.2) is 5.75 Å². The standard InChI is InChI=1S/C9H9ClINO/c1-13-6-4-12-9(5-2-3-5)7(10)8(6)11/h4-5H,2-3H2,1H3. The Kier molecular flexibility index (Phi) is 2.65. The van der Waals surface area contributed by atoms with Crippen molar-refractivity contribution in [3.8, 4) is 5.75 Å². The molecule has 2 nitrogen and oxygen atoms in total. The zero-order valence-corrected chi connectivity index (χ0v) is 10.1. The molecule has 1 aromatic rings. The average molecular weight is 310 g/mol. The van der Waals surface area contributed by atoms with E-state index in [1.165, 1.54) is 12.8 Å². The van der Waals surface area contributed by atoms with Crippen molar-refractivity contribution < 1.29 is 4.74 Å². The number of pyridine rings is 1. The maximum Gasteiger partial charge on any atom is 0.151 e. The lowest BCUT2D eigenvalue weighted by Gasteiger charge is -2.07. The molecule has 0 amide bonds. The maximum atomic E-state index is 6.16. The van der Waals surface area contributed by atoms with E-state index in [2.05, 4.69) is 27.6 Å². The molecule has 13 heavy (non-hydrogen) atoms. The van der Waals surface area contributed by atoms with Gasteiger partial charge in [0.1, 0.15) is 0 Å². The molecule has 70 valence electrons. The number of rotatable bonds is 2. The van der Waals surface area contributed by atoms with Crippen molar-refractivity contribution in [1.82, 2.24) is 4.98 Å². The quantitative estimate of drug-likeness (QED) is 0.783. The van der Waals surface area contributed by atoms with Crippen LogP contribution in [0.15, 0.2) is 6.20 Å². The Morgan fingerprint density at radius 2 is 2.31 bits per heavy atom. The highest BCUT2D eigenvalue weighted by atomic mass is 127. The van der Waals surface area contributed by atoms with Gasteiger partial charge in [-0.1, -0.05) is 11.6 Å². The largest absolute Gasteiger partial charge is 0.494 e. The Hall–Kier alpha value is -0.0300. The minimum atomic E-state index is 0.590. The third-order valence-corrected chi connectivity index (χ3v) is 3.91. The number of hydrogen-bond acceptors (Lipinski definition) is 2. The molecule has 0 spiro atoms. The Morgan fingerprint density at radius 1 is 1.62 bits per heavy atom. The normalized spacial score (nSPS) is 15.9. The second-order valence-corrected chi connectivity index (χ2v) is 4.57. The molecule has 2 rings (SSSR count). The third-order valence-electron chi connectivity index (χ3n) is 2.14. The first-order chi connectivity index (χ1) is 6.24. The Morgan fingerprint density at radius 3 is 2.85 bits per heavy atom. The summed E-state index contributed by atoms with van der Waals surface area (Å²) in [5, 5.41) is 0.766. The second kappa shape index (κ2) is 3.61. The monoisotopic (exact) mass is 309 g/mol. The van der Waals surface area contributed by atoms with Gasteiger partial charge in [0, 0.05) is 5.92 Å². The smallest absolute Gasteiger partial charge is 0.151 e. The number of nitrogens with zero attached hydrogens (tertiary/aromatic N) is 1. The molecule has 0 radical (unpaired) electrons. The van der Waals surface area contributed by atoms with Crippen molar-refractivity contribution >= 4 is 34.2 Å². The third kappa shape index (κ3) is 1.76. The molecular weight excluding hydrogens is 300 g/mol. The average Bonchev–Trinajstić information content (AvgIpc) is 2.93. The number of aromatic nitrogens is 1. The summed E-state index contributed by atoms with van der Waals surface area (Å²) in [6, 6.07) is 0. The summed E-state index contributed by atoms with van der Waals surface area (Å²) in [6.07, 6.45) is 4.19. The van der Waals surface area contributed by atoms with Gasteiger partial charge in [0.2, 0.25) is 0 Å². The topological polar surface area (TPSA) is 22.1 Å². The molecule has 0 saturated heterocycles. The zero-order chi connectivity index (χ0) is 9.42. The van der Waals surface area contributed by atoms with Gasteiger partial charge in [-0.05, 0) is 35.4 Å². The molecule has 0 unspecified atom stereocenters. The van der Waals surface area contributed by atoms with E-state index in [0.717, 1.165) is 20.0 Å². The first-order valence-corrected chi connectivity index (χ1v) is 5.57.